The van der Waals surface area contributed by atoms with Gasteiger partial charge in [-0.05, 0) is 53.1 Å². The van der Waals surface area contributed by atoms with Crippen LogP contribution in [-0.4, -0.2) is 50.9 Å². The highest BCUT2D eigenvalue weighted by Crippen LogP contribution is 2.24. The summed E-state index contributed by atoms with van der Waals surface area (Å²) in [5.41, 5.74) is 3.69. The highest BCUT2D eigenvalue weighted by Gasteiger charge is 2.17. The molecule has 0 atom stereocenters. The van der Waals surface area contributed by atoms with E-state index in [0.717, 1.165) is 16.8 Å². The van der Waals surface area contributed by atoms with E-state index in [2.05, 4.69) is 15.5 Å². The second kappa shape index (κ2) is 9.04. The molecule has 0 radical (unpaired) electrons. The number of methoxy groups -OCH3 is 1. The monoisotopic (exact) mass is 415 g/mol. The number of nitrogens with zero attached hydrogens (tertiary/aromatic N) is 5. The highest BCUT2D eigenvalue weighted by molar-refractivity contribution is 7.99. The molecule has 0 aliphatic heterocycles. The Balaban J connectivity index is 1.66. The second-order valence-corrected chi connectivity index (χ2v) is 7.56. The van der Waals surface area contributed by atoms with Crippen LogP contribution in [0.5, 0.6) is 5.75 Å². The molecule has 0 N–H and O–H groups in total. The number of rotatable bonds is 7. The minimum atomic E-state index is -0.451. The maximum absolute atomic E-state index is 13.8. The van der Waals surface area contributed by atoms with Crippen molar-refractivity contribution in [2.75, 3.05) is 19.9 Å². The van der Waals surface area contributed by atoms with Crippen molar-refractivity contribution in [3.63, 3.8) is 0 Å². The van der Waals surface area contributed by atoms with Crippen LogP contribution in [0.25, 0.3) is 5.69 Å². The maximum Gasteiger partial charge on any atom is 0.233 e. The zero-order valence-corrected chi connectivity index (χ0v) is 17.5. The summed E-state index contributed by atoms with van der Waals surface area (Å²) in [5.74, 6) is -0.215. The summed E-state index contributed by atoms with van der Waals surface area (Å²) in [7, 11) is 3.09. The first-order valence-corrected chi connectivity index (χ1v) is 9.93. The van der Waals surface area contributed by atoms with Crippen molar-refractivity contribution >= 4 is 17.7 Å². The van der Waals surface area contributed by atoms with Gasteiger partial charge in [-0.2, -0.15) is 4.68 Å². The van der Waals surface area contributed by atoms with Crippen molar-refractivity contribution in [3.8, 4) is 11.4 Å². The number of para-hydroxylation sites is 1. The van der Waals surface area contributed by atoms with E-state index in [-0.39, 0.29) is 17.4 Å². The van der Waals surface area contributed by atoms with Crippen LogP contribution in [-0.2, 0) is 11.3 Å². The average molecular weight is 415 g/mol. The van der Waals surface area contributed by atoms with Crippen LogP contribution in [0.4, 0.5) is 4.39 Å². The molecular weight excluding hydrogens is 393 g/mol. The number of benzene rings is 2. The van der Waals surface area contributed by atoms with E-state index < -0.39 is 5.82 Å². The Labute approximate surface area is 172 Å². The molecule has 3 aromatic rings. The number of ether oxygens (including phenoxy) is 1. The van der Waals surface area contributed by atoms with Crippen molar-refractivity contribution in [2.45, 2.75) is 25.5 Å². The van der Waals surface area contributed by atoms with Crippen LogP contribution in [0.15, 0.2) is 41.6 Å². The van der Waals surface area contributed by atoms with E-state index >= 15 is 0 Å². The van der Waals surface area contributed by atoms with Gasteiger partial charge in [0.25, 0.3) is 0 Å². The van der Waals surface area contributed by atoms with Crippen molar-refractivity contribution in [2.24, 2.45) is 0 Å². The van der Waals surface area contributed by atoms with Crippen molar-refractivity contribution in [1.29, 1.82) is 0 Å². The van der Waals surface area contributed by atoms with Gasteiger partial charge in [-0.3, -0.25) is 4.79 Å². The number of amides is 1. The van der Waals surface area contributed by atoms with Gasteiger partial charge in [-0.1, -0.05) is 36.0 Å². The quantitative estimate of drug-likeness (QED) is 0.552. The molecule has 0 saturated carbocycles. The summed E-state index contributed by atoms with van der Waals surface area (Å²) < 4.78 is 20.4. The number of aryl methyl sites for hydroxylation is 2. The third kappa shape index (κ3) is 4.73. The summed E-state index contributed by atoms with van der Waals surface area (Å²) in [6.45, 7) is 4.28. The normalized spacial score (nSPS) is 10.8. The summed E-state index contributed by atoms with van der Waals surface area (Å²) >= 11 is 1.26. The first kappa shape index (κ1) is 20.8. The third-order valence-electron chi connectivity index (χ3n) is 4.48. The van der Waals surface area contributed by atoms with Crippen LogP contribution in [0, 0.1) is 19.7 Å². The van der Waals surface area contributed by atoms with Crippen LogP contribution < -0.4 is 4.74 Å². The predicted molar refractivity (Wildman–Crippen MR) is 109 cm³/mol. The largest absolute Gasteiger partial charge is 0.494 e. The van der Waals surface area contributed by atoms with Gasteiger partial charge >= 0.3 is 0 Å². The molecule has 0 bridgehead atoms. The van der Waals surface area contributed by atoms with Gasteiger partial charge in [0.05, 0.1) is 18.6 Å². The van der Waals surface area contributed by atoms with Gasteiger partial charge in [0.15, 0.2) is 11.6 Å². The molecule has 1 heterocycles. The molecule has 7 nitrogen and oxygen atoms in total. The number of halogens is 1. The molecule has 0 unspecified atom stereocenters. The van der Waals surface area contributed by atoms with Crippen LogP contribution in [0.2, 0.25) is 0 Å². The smallest absolute Gasteiger partial charge is 0.233 e. The zero-order valence-electron chi connectivity index (χ0n) is 16.7. The molecule has 0 saturated heterocycles. The minimum Gasteiger partial charge on any atom is -0.494 e. The maximum atomic E-state index is 13.8. The standard InChI is InChI=1S/C20H22FN5O2S/c1-13-6-5-7-14(2)19(13)26-20(22-23-24-26)29-12-18(27)25(3)11-15-8-9-17(28-4)16(21)10-15/h5-10H,11-12H2,1-4H3. The molecule has 3 rings (SSSR count). The summed E-state index contributed by atoms with van der Waals surface area (Å²) in [6, 6.07) is 10.6. The zero-order chi connectivity index (χ0) is 21.0. The Bertz CT molecular complexity index is 1000. The van der Waals surface area contributed by atoms with Gasteiger partial charge in [0.1, 0.15) is 0 Å². The molecule has 0 aliphatic carbocycles. The summed E-state index contributed by atoms with van der Waals surface area (Å²) in [6.07, 6.45) is 0. The Kier molecular flexibility index (Phi) is 6.48. The van der Waals surface area contributed by atoms with Gasteiger partial charge < -0.3 is 9.64 Å². The molecule has 9 heteroatoms. The van der Waals surface area contributed by atoms with Crippen LogP contribution in [0.1, 0.15) is 16.7 Å². The molecular formula is C20H22FN5O2S. The number of hydrogen-bond acceptors (Lipinski definition) is 6. The molecule has 1 amide bonds. The topological polar surface area (TPSA) is 73.1 Å². The molecule has 2 aromatic carbocycles. The lowest BCUT2D eigenvalue weighted by molar-refractivity contribution is -0.127. The molecule has 1 aromatic heterocycles. The molecule has 152 valence electrons. The Morgan fingerprint density at radius 2 is 1.97 bits per heavy atom. The van der Waals surface area contributed by atoms with Crippen LogP contribution >= 0.6 is 11.8 Å². The van der Waals surface area contributed by atoms with E-state index in [1.54, 1.807) is 28.8 Å². The Morgan fingerprint density at radius 3 is 2.62 bits per heavy atom. The molecule has 0 fully saturated rings. The number of thioether (sulfide) groups is 1. The van der Waals surface area contributed by atoms with Gasteiger partial charge in [-0.25, -0.2) is 4.39 Å². The minimum absolute atomic E-state index is 0.109. The van der Waals surface area contributed by atoms with E-state index in [9.17, 15) is 9.18 Å². The average Bonchev–Trinajstić information content (AvgIpc) is 3.14. The lowest BCUT2D eigenvalue weighted by Gasteiger charge is -2.17. The van der Waals surface area contributed by atoms with Crippen molar-refractivity contribution < 1.29 is 13.9 Å². The van der Waals surface area contributed by atoms with E-state index in [1.807, 2.05) is 32.0 Å². The van der Waals surface area contributed by atoms with E-state index in [4.69, 9.17) is 4.74 Å². The predicted octanol–water partition coefficient (Wildman–Crippen LogP) is 3.18. The number of carbonyl (C=O) groups excluding carboxylic acids is 1. The fourth-order valence-electron chi connectivity index (χ4n) is 2.96. The Morgan fingerprint density at radius 1 is 1.24 bits per heavy atom. The molecule has 0 aliphatic rings. The first-order valence-electron chi connectivity index (χ1n) is 8.95. The van der Waals surface area contributed by atoms with E-state index in [1.165, 1.54) is 24.9 Å². The summed E-state index contributed by atoms with van der Waals surface area (Å²) in [5, 5.41) is 12.4. The van der Waals surface area contributed by atoms with Gasteiger partial charge in [0, 0.05) is 13.6 Å². The second-order valence-electron chi connectivity index (χ2n) is 6.62. The van der Waals surface area contributed by atoms with Crippen molar-refractivity contribution in [1.82, 2.24) is 25.1 Å². The summed E-state index contributed by atoms with van der Waals surface area (Å²) in [4.78, 5) is 14.1. The number of tetrazole rings is 1. The lowest BCUT2D eigenvalue weighted by Crippen LogP contribution is -2.28. The molecule has 0 spiro atoms. The van der Waals surface area contributed by atoms with Crippen molar-refractivity contribution in [3.05, 3.63) is 58.9 Å². The van der Waals surface area contributed by atoms with Gasteiger partial charge in [0.2, 0.25) is 11.1 Å². The lowest BCUT2D eigenvalue weighted by atomic mass is 10.1. The molecule has 29 heavy (non-hydrogen) atoms. The third-order valence-corrected chi connectivity index (χ3v) is 5.38. The number of carbonyl (C=O) groups is 1. The first-order chi connectivity index (χ1) is 13.9. The highest BCUT2D eigenvalue weighted by atomic mass is 32.2. The number of hydrogen-bond donors (Lipinski definition) is 0. The fraction of sp³-hybridized carbons (Fsp3) is 0.300. The van der Waals surface area contributed by atoms with E-state index in [0.29, 0.717) is 17.3 Å². The fourth-order valence-corrected chi connectivity index (χ4v) is 3.77. The SMILES string of the molecule is COc1ccc(CN(C)C(=O)CSc2nnnn2-c2c(C)cccc2C)cc1F. The van der Waals surface area contributed by atoms with Gasteiger partial charge in [-0.15, -0.1) is 5.10 Å². The number of aromatic nitrogens is 4. The Hall–Kier alpha value is -2.94. The van der Waals surface area contributed by atoms with Crippen LogP contribution in [0.3, 0.4) is 0 Å².